The van der Waals surface area contributed by atoms with Gasteiger partial charge in [0.1, 0.15) is 5.75 Å². The van der Waals surface area contributed by atoms with Crippen molar-refractivity contribution in [2.24, 2.45) is 0 Å². The lowest BCUT2D eigenvalue weighted by Gasteiger charge is -2.16. The third-order valence-electron chi connectivity index (χ3n) is 3.77. The Morgan fingerprint density at radius 2 is 1.91 bits per heavy atom. The Balaban J connectivity index is 2.40. The number of hydrogen-bond donors (Lipinski definition) is 1. The van der Waals surface area contributed by atoms with E-state index in [9.17, 15) is 4.79 Å². The van der Waals surface area contributed by atoms with Crippen LogP contribution in [0.15, 0.2) is 30.3 Å². The van der Waals surface area contributed by atoms with Gasteiger partial charge < -0.3 is 19.3 Å². The van der Waals surface area contributed by atoms with Crippen molar-refractivity contribution in [2.75, 3.05) is 27.3 Å². The number of amides is 1. The van der Waals surface area contributed by atoms with Gasteiger partial charge in [0.05, 0.1) is 19.3 Å². The second kappa shape index (κ2) is 6.66. The molecule has 0 unspecified atom stereocenters. The van der Waals surface area contributed by atoms with E-state index in [0.29, 0.717) is 12.1 Å². The fourth-order valence-corrected chi connectivity index (χ4v) is 2.57. The molecule has 1 aromatic carbocycles. The van der Waals surface area contributed by atoms with E-state index in [1.54, 1.807) is 14.2 Å². The average molecular weight is 302 g/mol. The molecular weight excluding hydrogens is 280 g/mol. The van der Waals surface area contributed by atoms with E-state index in [1.165, 1.54) is 4.90 Å². The maximum Gasteiger partial charge on any atom is 0.255 e. The van der Waals surface area contributed by atoms with Crippen LogP contribution >= 0.6 is 0 Å². The number of carbonyl (C=O) groups excluding carboxylic acids is 1. The quantitative estimate of drug-likeness (QED) is 0.921. The maximum atomic E-state index is 12.4. The third-order valence-corrected chi connectivity index (χ3v) is 3.77. The van der Waals surface area contributed by atoms with E-state index in [0.717, 1.165) is 22.8 Å². The number of carbonyl (C=O) groups is 1. The zero-order valence-electron chi connectivity index (χ0n) is 13.5. The number of aliphatic hydroxyl groups is 1. The summed E-state index contributed by atoms with van der Waals surface area (Å²) in [6.07, 6.45) is 0. The Morgan fingerprint density at radius 3 is 2.45 bits per heavy atom. The first-order valence-corrected chi connectivity index (χ1v) is 7.19. The van der Waals surface area contributed by atoms with Crippen molar-refractivity contribution in [1.29, 1.82) is 0 Å². The van der Waals surface area contributed by atoms with Crippen LogP contribution in [0.5, 0.6) is 5.75 Å². The van der Waals surface area contributed by atoms with Gasteiger partial charge in [-0.15, -0.1) is 0 Å². The second-order valence-electron chi connectivity index (χ2n) is 5.27. The molecule has 0 saturated heterocycles. The molecular formula is C17H22N2O3. The SMILES string of the molecule is COc1ccc(-n2c(C)cc(C(=O)N(C)CCO)c2C)cc1. The highest BCUT2D eigenvalue weighted by molar-refractivity contribution is 5.95. The summed E-state index contributed by atoms with van der Waals surface area (Å²) in [5, 5.41) is 8.98. The van der Waals surface area contributed by atoms with Crippen LogP contribution < -0.4 is 4.74 Å². The van der Waals surface area contributed by atoms with Crippen LogP contribution in [-0.4, -0.2) is 47.8 Å². The molecule has 0 atom stereocenters. The summed E-state index contributed by atoms with van der Waals surface area (Å²) in [6.45, 7) is 4.18. The second-order valence-corrected chi connectivity index (χ2v) is 5.27. The predicted octanol–water partition coefficient (Wildman–Crippen LogP) is 2.17. The number of ether oxygens (including phenoxy) is 1. The summed E-state index contributed by atoms with van der Waals surface area (Å²) in [6, 6.07) is 9.60. The van der Waals surface area contributed by atoms with Crippen molar-refractivity contribution in [2.45, 2.75) is 13.8 Å². The molecule has 0 fully saturated rings. The highest BCUT2D eigenvalue weighted by atomic mass is 16.5. The van der Waals surface area contributed by atoms with E-state index in [4.69, 9.17) is 9.84 Å². The average Bonchev–Trinajstić information content (AvgIpc) is 2.81. The van der Waals surface area contributed by atoms with Gasteiger partial charge in [-0.05, 0) is 44.2 Å². The lowest BCUT2D eigenvalue weighted by atomic mass is 10.2. The summed E-state index contributed by atoms with van der Waals surface area (Å²) >= 11 is 0. The Hall–Kier alpha value is -2.27. The predicted molar refractivity (Wildman–Crippen MR) is 85.8 cm³/mol. The van der Waals surface area contributed by atoms with E-state index in [1.807, 2.05) is 48.7 Å². The van der Waals surface area contributed by atoms with Crippen LogP contribution in [0, 0.1) is 13.8 Å². The van der Waals surface area contributed by atoms with Crippen LogP contribution in [0.2, 0.25) is 0 Å². The molecule has 1 aromatic heterocycles. The minimum atomic E-state index is -0.0816. The minimum Gasteiger partial charge on any atom is -0.497 e. The Labute approximate surface area is 130 Å². The Bertz CT molecular complexity index is 659. The van der Waals surface area contributed by atoms with Crippen molar-refractivity contribution in [3.63, 3.8) is 0 Å². The lowest BCUT2D eigenvalue weighted by molar-refractivity contribution is 0.0766. The van der Waals surface area contributed by atoms with Crippen molar-refractivity contribution in [3.05, 3.63) is 47.3 Å². The molecule has 0 spiro atoms. The number of aliphatic hydroxyl groups excluding tert-OH is 1. The van der Waals surface area contributed by atoms with Gasteiger partial charge in [-0.2, -0.15) is 0 Å². The van der Waals surface area contributed by atoms with Crippen LogP contribution in [0.3, 0.4) is 0 Å². The van der Waals surface area contributed by atoms with Gasteiger partial charge in [0, 0.05) is 30.7 Å². The summed E-state index contributed by atoms with van der Waals surface area (Å²) in [4.78, 5) is 14.0. The summed E-state index contributed by atoms with van der Waals surface area (Å²) < 4.78 is 7.21. The van der Waals surface area contributed by atoms with Gasteiger partial charge in [0.25, 0.3) is 5.91 Å². The molecule has 0 aliphatic heterocycles. The molecule has 0 bridgehead atoms. The number of hydrogen-bond acceptors (Lipinski definition) is 3. The molecule has 5 heteroatoms. The van der Waals surface area contributed by atoms with Gasteiger partial charge in [-0.3, -0.25) is 4.79 Å². The number of aromatic nitrogens is 1. The first-order valence-electron chi connectivity index (χ1n) is 7.19. The maximum absolute atomic E-state index is 12.4. The van der Waals surface area contributed by atoms with Crippen LogP contribution in [0.4, 0.5) is 0 Å². The number of aryl methyl sites for hydroxylation is 1. The van der Waals surface area contributed by atoms with E-state index in [-0.39, 0.29) is 12.5 Å². The number of likely N-dealkylation sites (N-methyl/N-ethyl adjacent to an activating group) is 1. The van der Waals surface area contributed by atoms with Crippen molar-refractivity contribution >= 4 is 5.91 Å². The molecule has 0 radical (unpaired) electrons. The number of rotatable bonds is 5. The standard InChI is InChI=1S/C17H22N2O3/c1-12-11-16(17(21)18(3)9-10-20)13(2)19(12)14-5-7-15(22-4)8-6-14/h5-8,11,20H,9-10H2,1-4H3. The summed E-state index contributed by atoms with van der Waals surface area (Å²) in [5.74, 6) is 0.715. The van der Waals surface area contributed by atoms with E-state index < -0.39 is 0 Å². The lowest BCUT2D eigenvalue weighted by Crippen LogP contribution is -2.29. The minimum absolute atomic E-state index is 0.0422. The largest absolute Gasteiger partial charge is 0.497 e. The molecule has 5 nitrogen and oxygen atoms in total. The molecule has 2 aromatic rings. The highest BCUT2D eigenvalue weighted by Crippen LogP contribution is 2.23. The van der Waals surface area contributed by atoms with Crippen molar-refractivity contribution in [3.8, 4) is 11.4 Å². The summed E-state index contributed by atoms with van der Waals surface area (Å²) in [7, 11) is 3.33. The zero-order chi connectivity index (χ0) is 16.3. The van der Waals surface area contributed by atoms with Gasteiger partial charge in [-0.1, -0.05) is 0 Å². The topological polar surface area (TPSA) is 54.7 Å². The zero-order valence-corrected chi connectivity index (χ0v) is 13.5. The van der Waals surface area contributed by atoms with Crippen LogP contribution in [0.1, 0.15) is 21.7 Å². The molecule has 0 aliphatic carbocycles. The van der Waals surface area contributed by atoms with Gasteiger partial charge in [0.15, 0.2) is 0 Å². The van der Waals surface area contributed by atoms with E-state index in [2.05, 4.69) is 0 Å². The Kier molecular flexibility index (Phi) is 4.88. The molecule has 1 heterocycles. The van der Waals surface area contributed by atoms with Gasteiger partial charge >= 0.3 is 0 Å². The summed E-state index contributed by atoms with van der Waals surface area (Å²) in [5.41, 5.74) is 3.52. The highest BCUT2D eigenvalue weighted by Gasteiger charge is 2.19. The smallest absolute Gasteiger partial charge is 0.255 e. The normalized spacial score (nSPS) is 10.6. The van der Waals surface area contributed by atoms with Crippen LogP contribution in [-0.2, 0) is 0 Å². The number of methoxy groups -OCH3 is 1. The van der Waals surface area contributed by atoms with Crippen molar-refractivity contribution in [1.82, 2.24) is 9.47 Å². The number of nitrogens with zero attached hydrogens (tertiary/aromatic N) is 2. The molecule has 0 aliphatic rings. The molecule has 2 rings (SSSR count). The van der Waals surface area contributed by atoms with E-state index >= 15 is 0 Å². The Morgan fingerprint density at radius 1 is 1.27 bits per heavy atom. The van der Waals surface area contributed by atoms with Gasteiger partial charge in [-0.25, -0.2) is 0 Å². The van der Waals surface area contributed by atoms with Crippen molar-refractivity contribution < 1.29 is 14.6 Å². The van der Waals surface area contributed by atoms with Crippen LogP contribution in [0.25, 0.3) is 5.69 Å². The molecule has 1 N–H and O–H groups in total. The number of benzene rings is 1. The molecule has 118 valence electrons. The van der Waals surface area contributed by atoms with Gasteiger partial charge in [0.2, 0.25) is 0 Å². The fourth-order valence-electron chi connectivity index (χ4n) is 2.57. The fraction of sp³-hybridized carbons (Fsp3) is 0.353. The molecule has 1 amide bonds. The first kappa shape index (κ1) is 16.1. The molecule has 22 heavy (non-hydrogen) atoms. The first-order chi connectivity index (χ1) is 10.5. The monoisotopic (exact) mass is 302 g/mol. The molecule has 0 saturated carbocycles. The third kappa shape index (κ3) is 2.99.